The van der Waals surface area contributed by atoms with Crippen LogP contribution in [-0.2, 0) is 6.54 Å². The average Bonchev–Trinajstić information content (AvgIpc) is 3.41. The standard InChI is InChI=1S/C21H21N7O/c1-13-16-4-2-3-5-17(16)25-21(24-13)12-28-7-6-15(29)8-20(28)19-9-18(26-27-19)14-10-22-23-11-14/h2-5,9-11,15,20,29H,6-8,12H2,1H3. The molecule has 1 fully saturated rings. The number of allylic oxidation sites excluding steroid dienone is 2. The Morgan fingerprint density at radius 3 is 2.79 bits per heavy atom. The van der Waals surface area contributed by atoms with E-state index in [0.29, 0.717) is 13.0 Å². The minimum atomic E-state index is -0.349. The Morgan fingerprint density at radius 2 is 1.93 bits per heavy atom. The van der Waals surface area contributed by atoms with E-state index in [2.05, 4.69) is 25.3 Å². The van der Waals surface area contributed by atoms with E-state index < -0.39 is 0 Å². The van der Waals surface area contributed by atoms with Crippen LogP contribution in [0.3, 0.4) is 0 Å². The van der Waals surface area contributed by atoms with Crippen LogP contribution in [0, 0.1) is 6.92 Å². The van der Waals surface area contributed by atoms with Gasteiger partial charge in [-0.15, -0.1) is 0 Å². The number of aromatic nitrogens is 2. The van der Waals surface area contributed by atoms with Gasteiger partial charge >= 0.3 is 0 Å². The second kappa shape index (κ2) is 7.38. The highest BCUT2D eigenvalue weighted by Gasteiger charge is 2.32. The highest BCUT2D eigenvalue weighted by Crippen LogP contribution is 2.31. The molecular weight excluding hydrogens is 366 g/mol. The average molecular weight is 387 g/mol. The fraction of sp³-hybridized carbons (Fsp3) is 0.333. The molecule has 1 saturated heterocycles. The zero-order valence-electron chi connectivity index (χ0n) is 16.1. The molecule has 0 saturated carbocycles. The fourth-order valence-corrected chi connectivity index (χ4v) is 4.01. The van der Waals surface area contributed by atoms with Crippen LogP contribution in [-0.4, -0.2) is 51.1 Å². The Bertz CT molecular complexity index is 1100. The molecule has 0 aliphatic carbocycles. The Morgan fingerprint density at radius 1 is 1.10 bits per heavy atom. The van der Waals surface area contributed by atoms with Crippen molar-refractivity contribution in [1.29, 1.82) is 0 Å². The first-order valence-corrected chi connectivity index (χ1v) is 9.76. The number of nitrogens with zero attached hydrogens (tertiary/aromatic N) is 7. The van der Waals surface area contributed by atoms with Gasteiger partial charge in [0.2, 0.25) is 0 Å². The van der Waals surface area contributed by atoms with Crippen molar-refractivity contribution in [3.63, 3.8) is 0 Å². The van der Waals surface area contributed by atoms with Crippen molar-refractivity contribution < 1.29 is 5.11 Å². The molecule has 2 unspecified atom stereocenters. The van der Waals surface area contributed by atoms with Crippen molar-refractivity contribution >= 4 is 23.3 Å². The summed E-state index contributed by atoms with van der Waals surface area (Å²) in [6.07, 6.45) is 6.29. The number of fused-ring (bicyclic) bond motifs is 1. The predicted octanol–water partition coefficient (Wildman–Crippen LogP) is 2.94. The number of para-hydroxylation sites is 1. The van der Waals surface area contributed by atoms with Crippen molar-refractivity contribution in [2.75, 3.05) is 6.54 Å². The van der Waals surface area contributed by atoms with Gasteiger partial charge < -0.3 is 5.11 Å². The van der Waals surface area contributed by atoms with Crippen LogP contribution in [0.25, 0.3) is 10.9 Å². The van der Waals surface area contributed by atoms with Crippen molar-refractivity contribution in [2.45, 2.75) is 38.5 Å². The smallest absolute Gasteiger partial charge is 0.143 e. The summed E-state index contributed by atoms with van der Waals surface area (Å²) < 4.78 is 0. The zero-order valence-corrected chi connectivity index (χ0v) is 16.1. The third kappa shape index (κ3) is 3.52. The second-order valence-corrected chi connectivity index (χ2v) is 7.51. The van der Waals surface area contributed by atoms with Gasteiger partial charge in [0.15, 0.2) is 0 Å². The number of aryl methyl sites for hydroxylation is 1. The van der Waals surface area contributed by atoms with E-state index in [1.54, 1.807) is 12.4 Å². The van der Waals surface area contributed by atoms with Gasteiger partial charge in [-0.1, -0.05) is 18.2 Å². The lowest BCUT2D eigenvalue weighted by atomic mass is 9.96. The van der Waals surface area contributed by atoms with Crippen LogP contribution in [0.4, 0.5) is 0 Å². The normalized spacial score (nSPS) is 24.1. The van der Waals surface area contributed by atoms with E-state index >= 15 is 0 Å². The Labute approximate surface area is 168 Å². The molecule has 146 valence electrons. The molecular formula is C21H21N7O. The summed E-state index contributed by atoms with van der Waals surface area (Å²) in [6, 6.07) is 8.02. The predicted molar refractivity (Wildman–Crippen MR) is 111 cm³/mol. The zero-order chi connectivity index (χ0) is 19.8. The van der Waals surface area contributed by atoms with Crippen molar-refractivity contribution in [1.82, 2.24) is 14.9 Å². The molecule has 0 radical (unpaired) electrons. The van der Waals surface area contributed by atoms with Gasteiger partial charge in [0.05, 0.1) is 48.0 Å². The maximum atomic E-state index is 10.3. The highest BCUT2D eigenvalue weighted by molar-refractivity contribution is 6.07. The summed E-state index contributed by atoms with van der Waals surface area (Å²) in [4.78, 5) is 11.8. The molecule has 2 atom stereocenters. The summed E-state index contributed by atoms with van der Waals surface area (Å²) in [6.45, 7) is 3.37. The lowest BCUT2D eigenvalue weighted by Crippen LogP contribution is -2.44. The van der Waals surface area contributed by atoms with Crippen LogP contribution in [0.15, 0.2) is 67.7 Å². The molecule has 0 spiro atoms. The van der Waals surface area contributed by atoms with E-state index in [1.807, 2.05) is 37.3 Å². The number of piperidine rings is 1. The molecule has 8 nitrogen and oxygen atoms in total. The first-order chi connectivity index (χ1) is 14.2. The Kier molecular flexibility index (Phi) is 4.57. The molecule has 1 aromatic carbocycles. The lowest BCUT2D eigenvalue weighted by Gasteiger charge is -2.37. The maximum absolute atomic E-state index is 10.3. The summed E-state index contributed by atoms with van der Waals surface area (Å²) >= 11 is 0. The number of aliphatic hydroxyl groups is 1. The topological polar surface area (TPSA) is 98.7 Å². The third-order valence-electron chi connectivity index (χ3n) is 5.53. The number of aliphatic hydroxyl groups excluding tert-OH is 1. The minimum absolute atomic E-state index is 0.0359. The molecule has 0 amide bonds. The van der Waals surface area contributed by atoms with Crippen molar-refractivity contribution in [3.8, 4) is 0 Å². The summed E-state index contributed by atoms with van der Waals surface area (Å²) in [5, 5.41) is 27.7. The monoisotopic (exact) mass is 387 g/mol. The first-order valence-electron chi connectivity index (χ1n) is 9.76. The Hall–Kier alpha value is -3.10. The van der Waals surface area contributed by atoms with Crippen LogP contribution in [0.2, 0.25) is 0 Å². The molecule has 4 heterocycles. The van der Waals surface area contributed by atoms with Crippen molar-refractivity contribution in [3.05, 3.63) is 58.8 Å². The number of hydrogen-bond acceptors (Lipinski definition) is 8. The largest absolute Gasteiger partial charge is 0.393 e. The summed E-state index contributed by atoms with van der Waals surface area (Å²) in [5.41, 5.74) is 4.38. The van der Waals surface area contributed by atoms with Gasteiger partial charge in [0.1, 0.15) is 5.82 Å². The van der Waals surface area contributed by atoms with Gasteiger partial charge in [0.25, 0.3) is 0 Å². The maximum Gasteiger partial charge on any atom is 0.143 e. The van der Waals surface area contributed by atoms with Crippen LogP contribution >= 0.6 is 0 Å². The SMILES string of the molecule is Cc1nc(CN2CCC(O)CC2C2=CC(=C3C=NN=C3)N=N2)nc2ccccc12. The van der Waals surface area contributed by atoms with E-state index in [0.717, 1.165) is 52.4 Å². The third-order valence-corrected chi connectivity index (χ3v) is 5.53. The van der Waals surface area contributed by atoms with E-state index in [9.17, 15) is 5.11 Å². The molecule has 8 heteroatoms. The molecule has 1 aromatic heterocycles. The fourth-order valence-electron chi connectivity index (χ4n) is 4.01. The molecule has 3 aliphatic heterocycles. The van der Waals surface area contributed by atoms with Crippen LogP contribution in [0.5, 0.6) is 0 Å². The van der Waals surface area contributed by atoms with Gasteiger partial charge in [0, 0.05) is 23.2 Å². The molecule has 5 rings (SSSR count). The van der Waals surface area contributed by atoms with E-state index in [-0.39, 0.29) is 12.1 Å². The first kappa shape index (κ1) is 18.0. The number of benzene rings is 1. The van der Waals surface area contributed by atoms with E-state index in [4.69, 9.17) is 9.97 Å². The number of hydrogen-bond donors (Lipinski definition) is 1. The van der Waals surface area contributed by atoms with Gasteiger partial charge in [-0.05, 0) is 31.9 Å². The molecule has 3 aliphatic rings. The highest BCUT2D eigenvalue weighted by atomic mass is 16.3. The number of rotatable bonds is 3. The molecule has 2 aromatic rings. The number of azo groups is 1. The summed E-state index contributed by atoms with van der Waals surface area (Å²) in [7, 11) is 0. The van der Waals surface area contributed by atoms with E-state index in [1.165, 1.54) is 0 Å². The summed E-state index contributed by atoms with van der Waals surface area (Å²) in [5.74, 6) is 0.784. The van der Waals surface area contributed by atoms with Crippen LogP contribution < -0.4 is 0 Å². The van der Waals surface area contributed by atoms with Gasteiger partial charge in [-0.3, -0.25) is 4.90 Å². The molecule has 29 heavy (non-hydrogen) atoms. The van der Waals surface area contributed by atoms with Gasteiger partial charge in [-0.2, -0.15) is 20.4 Å². The van der Waals surface area contributed by atoms with Crippen LogP contribution in [0.1, 0.15) is 24.4 Å². The van der Waals surface area contributed by atoms with Gasteiger partial charge in [-0.25, -0.2) is 9.97 Å². The quantitative estimate of drug-likeness (QED) is 0.875. The molecule has 1 N–H and O–H groups in total. The number of likely N-dealkylation sites (tertiary alicyclic amines) is 1. The molecule has 0 bridgehead atoms. The second-order valence-electron chi connectivity index (χ2n) is 7.51. The lowest BCUT2D eigenvalue weighted by molar-refractivity contribution is 0.0485. The van der Waals surface area contributed by atoms with Crippen molar-refractivity contribution in [2.24, 2.45) is 20.4 Å². The Balaban J connectivity index is 1.44. The minimum Gasteiger partial charge on any atom is -0.393 e.